The van der Waals surface area contributed by atoms with Crippen LogP contribution in [0.25, 0.3) is 0 Å². The van der Waals surface area contributed by atoms with Gasteiger partial charge in [-0.25, -0.2) is 0 Å². The van der Waals surface area contributed by atoms with Crippen LogP contribution in [0.2, 0.25) is 0 Å². The Balaban J connectivity index is 2.04. The molecule has 78 valence electrons. The van der Waals surface area contributed by atoms with Gasteiger partial charge in [0.2, 0.25) is 0 Å². The Kier molecular flexibility index (Phi) is 3.17. The SMILES string of the molecule is CC1CCN(C2=C(Cl)CCC=C2)CC1. The van der Waals surface area contributed by atoms with E-state index in [1.54, 1.807) is 0 Å². The highest BCUT2D eigenvalue weighted by atomic mass is 35.5. The highest BCUT2D eigenvalue weighted by Gasteiger charge is 2.19. The fourth-order valence-corrected chi connectivity index (χ4v) is 2.44. The molecule has 0 N–H and O–H groups in total. The van der Waals surface area contributed by atoms with Crippen LogP contribution in [-0.4, -0.2) is 18.0 Å². The second kappa shape index (κ2) is 4.39. The normalized spacial score (nSPS) is 24.6. The van der Waals surface area contributed by atoms with E-state index in [2.05, 4.69) is 24.0 Å². The van der Waals surface area contributed by atoms with Crippen molar-refractivity contribution in [3.05, 3.63) is 22.9 Å². The van der Waals surface area contributed by atoms with Gasteiger partial charge in [-0.15, -0.1) is 0 Å². The van der Waals surface area contributed by atoms with Crippen molar-refractivity contribution >= 4 is 11.6 Å². The third kappa shape index (κ3) is 2.14. The average Bonchev–Trinajstić information content (AvgIpc) is 2.20. The first-order chi connectivity index (χ1) is 6.77. The van der Waals surface area contributed by atoms with Crippen LogP contribution in [0.3, 0.4) is 0 Å². The molecule has 1 aliphatic carbocycles. The zero-order chi connectivity index (χ0) is 9.97. The minimum Gasteiger partial charge on any atom is -0.371 e. The summed E-state index contributed by atoms with van der Waals surface area (Å²) in [5.74, 6) is 0.887. The molecule has 1 nitrogen and oxygen atoms in total. The molecule has 1 saturated heterocycles. The number of halogens is 1. The number of nitrogens with zero attached hydrogens (tertiary/aromatic N) is 1. The number of hydrogen-bond donors (Lipinski definition) is 0. The number of rotatable bonds is 1. The van der Waals surface area contributed by atoms with E-state index in [1.807, 2.05) is 0 Å². The number of piperidine rings is 1. The van der Waals surface area contributed by atoms with Crippen molar-refractivity contribution in [1.29, 1.82) is 0 Å². The summed E-state index contributed by atoms with van der Waals surface area (Å²) in [4.78, 5) is 2.44. The largest absolute Gasteiger partial charge is 0.371 e. The summed E-state index contributed by atoms with van der Waals surface area (Å²) in [6, 6.07) is 0. The molecule has 2 rings (SSSR count). The molecule has 0 atom stereocenters. The van der Waals surface area contributed by atoms with Crippen molar-refractivity contribution in [3.8, 4) is 0 Å². The van der Waals surface area contributed by atoms with Crippen LogP contribution >= 0.6 is 11.6 Å². The Morgan fingerprint density at radius 2 is 2.07 bits per heavy atom. The molecule has 0 aromatic rings. The first-order valence-electron chi connectivity index (χ1n) is 5.57. The quantitative estimate of drug-likeness (QED) is 0.642. The smallest absolute Gasteiger partial charge is 0.0510 e. The Morgan fingerprint density at radius 1 is 1.36 bits per heavy atom. The minimum atomic E-state index is 0.887. The van der Waals surface area contributed by atoms with Crippen LogP contribution in [0, 0.1) is 5.92 Å². The van der Waals surface area contributed by atoms with Gasteiger partial charge in [0.1, 0.15) is 0 Å². The van der Waals surface area contributed by atoms with Gasteiger partial charge in [0.15, 0.2) is 0 Å². The molecule has 2 heteroatoms. The highest BCUT2D eigenvalue weighted by molar-refractivity contribution is 6.30. The molecule has 1 aliphatic heterocycles. The Hall–Kier alpha value is -0.430. The van der Waals surface area contributed by atoms with E-state index >= 15 is 0 Å². The lowest BCUT2D eigenvalue weighted by molar-refractivity contribution is 0.241. The Morgan fingerprint density at radius 3 is 2.71 bits per heavy atom. The van der Waals surface area contributed by atoms with Crippen LogP contribution in [0.4, 0.5) is 0 Å². The molecule has 0 unspecified atom stereocenters. The molecule has 0 amide bonds. The number of hydrogen-bond acceptors (Lipinski definition) is 1. The molecule has 2 aliphatic rings. The van der Waals surface area contributed by atoms with E-state index in [4.69, 9.17) is 11.6 Å². The molecule has 0 aromatic carbocycles. The van der Waals surface area contributed by atoms with Gasteiger partial charge in [0, 0.05) is 18.1 Å². The van der Waals surface area contributed by atoms with E-state index in [1.165, 1.54) is 31.6 Å². The van der Waals surface area contributed by atoms with Gasteiger partial charge >= 0.3 is 0 Å². The van der Waals surface area contributed by atoms with Crippen LogP contribution in [-0.2, 0) is 0 Å². The Bertz CT molecular complexity index is 259. The maximum atomic E-state index is 6.24. The zero-order valence-electron chi connectivity index (χ0n) is 8.80. The first kappa shape index (κ1) is 10.1. The van der Waals surface area contributed by atoms with Crippen molar-refractivity contribution in [2.45, 2.75) is 32.6 Å². The molecule has 0 radical (unpaired) electrons. The second-order valence-corrected chi connectivity index (χ2v) is 4.86. The van der Waals surface area contributed by atoms with E-state index in [0.29, 0.717) is 0 Å². The van der Waals surface area contributed by atoms with Crippen molar-refractivity contribution in [1.82, 2.24) is 4.90 Å². The zero-order valence-corrected chi connectivity index (χ0v) is 9.56. The summed E-state index contributed by atoms with van der Waals surface area (Å²) in [6.07, 6.45) is 9.18. The third-order valence-corrected chi connectivity index (χ3v) is 3.59. The molecule has 14 heavy (non-hydrogen) atoms. The van der Waals surface area contributed by atoms with Gasteiger partial charge in [-0.3, -0.25) is 0 Å². The maximum absolute atomic E-state index is 6.24. The molecule has 1 heterocycles. The van der Waals surface area contributed by atoms with Gasteiger partial charge in [-0.2, -0.15) is 0 Å². The molecule has 0 aromatic heterocycles. The van der Waals surface area contributed by atoms with Crippen molar-refractivity contribution in [2.75, 3.05) is 13.1 Å². The fourth-order valence-electron chi connectivity index (χ4n) is 2.15. The van der Waals surface area contributed by atoms with E-state index < -0.39 is 0 Å². The molecular formula is C12H18ClN. The van der Waals surface area contributed by atoms with E-state index in [0.717, 1.165) is 23.8 Å². The van der Waals surface area contributed by atoms with Crippen LogP contribution < -0.4 is 0 Å². The van der Waals surface area contributed by atoms with Crippen molar-refractivity contribution in [2.24, 2.45) is 5.92 Å². The van der Waals surface area contributed by atoms with Crippen LogP contribution in [0.5, 0.6) is 0 Å². The lowest BCUT2D eigenvalue weighted by Gasteiger charge is -2.34. The summed E-state index contributed by atoms with van der Waals surface area (Å²) in [7, 11) is 0. The van der Waals surface area contributed by atoms with Crippen molar-refractivity contribution < 1.29 is 0 Å². The topological polar surface area (TPSA) is 3.24 Å². The maximum Gasteiger partial charge on any atom is 0.0510 e. The van der Waals surface area contributed by atoms with Crippen LogP contribution in [0.1, 0.15) is 32.6 Å². The molecular weight excluding hydrogens is 194 g/mol. The summed E-state index contributed by atoms with van der Waals surface area (Å²) in [5, 5.41) is 1.06. The molecule has 0 bridgehead atoms. The fraction of sp³-hybridized carbons (Fsp3) is 0.667. The van der Waals surface area contributed by atoms with Gasteiger partial charge < -0.3 is 4.90 Å². The molecule has 0 spiro atoms. The predicted octanol–water partition coefficient (Wildman–Crippen LogP) is 3.52. The third-order valence-electron chi connectivity index (χ3n) is 3.21. The minimum absolute atomic E-state index is 0.887. The summed E-state index contributed by atoms with van der Waals surface area (Å²) in [6.45, 7) is 4.69. The molecule has 0 saturated carbocycles. The summed E-state index contributed by atoms with van der Waals surface area (Å²) >= 11 is 6.24. The number of allylic oxidation sites excluding steroid dienone is 3. The van der Waals surface area contributed by atoms with E-state index in [-0.39, 0.29) is 0 Å². The van der Waals surface area contributed by atoms with Gasteiger partial charge in [-0.1, -0.05) is 24.6 Å². The highest BCUT2D eigenvalue weighted by Crippen LogP contribution is 2.28. The van der Waals surface area contributed by atoms with Crippen LogP contribution in [0.15, 0.2) is 22.9 Å². The lowest BCUT2D eigenvalue weighted by atomic mass is 9.98. The second-order valence-electron chi connectivity index (χ2n) is 4.40. The van der Waals surface area contributed by atoms with Crippen molar-refractivity contribution in [3.63, 3.8) is 0 Å². The average molecular weight is 212 g/mol. The van der Waals surface area contributed by atoms with Gasteiger partial charge in [-0.05, 0) is 37.7 Å². The summed E-state index contributed by atoms with van der Waals surface area (Å²) < 4.78 is 0. The Labute approximate surface area is 91.4 Å². The predicted molar refractivity (Wildman–Crippen MR) is 61.2 cm³/mol. The lowest BCUT2D eigenvalue weighted by Crippen LogP contribution is -2.32. The standard InChI is InChI=1S/C12H18ClN/c1-10-6-8-14(9-7-10)12-5-3-2-4-11(12)13/h3,5,10H,2,4,6-9H2,1H3. The summed E-state index contributed by atoms with van der Waals surface area (Å²) in [5.41, 5.74) is 1.28. The van der Waals surface area contributed by atoms with E-state index in [9.17, 15) is 0 Å². The number of likely N-dealkylation sites (tertiary alicyclic amines) is 1. The first-order valence-corrected chi connectivity index (χ1v) is 5.95. The van der Waals surface area contributed by atoms with Gasteiger partial charge in [0.25, 0.3) is 0 Å². The molecule has 1 fully saturated rings. The van der Waals surface area contributed by atoms with Gasteiger partial charge in [0.05, 0.1) is 5.70 Å². The monoisotopic (exact) mass is 211 g/mol.